The van der Waals surface area contributed by atoms with E-state index >= 15 is 0 Å². The number of hydrogen-bond donors (Lipinski definition) is 1. The van der Waals surface area contributed by atoms with Crippen LogP contribution in [0.1, 0.15) is 62.1 Å². The van der Waals surface area contributed by atoms with Gasteiger partial charge in [-0.25, -0.2) is 0 Å². The van der Waals surface area contributed by atoms with Gasteiger partial charge in [-0.2, -0.15) is 0 Å². The van der Waals surface area contributed by atoms with Crippen molar-refractivity contribution in [1.29, 1.82) is 0 Å². The molecule has 0 heterocycles. The van der Waals surface area contributed by atoms with Gasteiger partial charge < -0.3 is 10.5 Å². The Labute approximate surface area is 117 Å². The summed E-state index contributed by atoms with van der Waals surface area (Å²) in [4.78, 5) is 0. The summed E-state index contributed by atoms with van der Waals surface area (Å²) < 4.78 is 5.75. The molecule has 2 rings (SSSR count). The minimum Gasteiger partial charge on any atom is -0.496 e. The summed E-state index contributed by atoms with van der Waals surface area (Å²) in [6, 6.07) is 4.45. The van der Waals surface area contributed by atoms with Crippen LogP contribution in [-0.4, -0.2) is 13.7 Å². The molecular weight excluding hydrogens is 234 g/mol. The van der Waals surface area contributed by atoms with Gasteiger partial charge in [0.1, 0.15) is 5.75 Å². The number of nitrogens with two attached hydrogens (primary N) is 1. The molecule has 0 atom stereocenters. The first-order valence-electron chi connectivity index (χ1n) is 7.44. The van der Waals surface area contributed by atoms with E-state index in [0.717, 1.165) is 12.3 Å². The summed E-state index contributed by atoms with van der Waals surface area (Å²) in [7, 11) is 1.79. The van der Waals surface area contributed by atoms with Gasteiger partial charge in [-0.05, 0) is 36.8 Å². The van der Waals surface area contributed by atoms with E-state index in [4.69, 9.17) is 10.5 Å². The fourth-order valence-corrected chi connectivity index (χ4v) is 3.60. The van der Waals surface area contributed by atoms with Crippen molar-refractivity contribution in [3.05, 3.63) is 28.8 Å². The molecule has 106 valence electrons. The van der Waals surface area contributed by atoms with Gasteiger partial charge in [-0.3, -0.25) is 0 Å². The van der Waals surface area contributed by atoms with Crippen molar-refractivity contribution >= 4 is 0 Å². The largest absolute Gasteiger partial charge is 0.496 e. The van der Waals surface area contributed by atoms with E-state index < -0.39 is 0 Å². The van der Waals surface area contributed by atoms with E-state index in [0.29, 0.717) is 5.92 Å². The number of methoxy groups -OCH3 is 1. The topological polar surface area (TPSA) is 35.2 Å². The van der Waals surface area contributed by atoms with Gasteiger partial charge in [0.2, 0.25) is 0 Å². The first-order chi connectivity index (χ1) is 9.05. The molecule has 2 nitrogen and oxygen atoms in total. The van der Waals surface area contributed by atoms with Crippen LogP contribution in [0, 0.1) is 6.92 Å². The SMILES string of the molecule is COc1c(C)ccc(C(C)C)c1C1(CN)CCCC1. The lowest BCUT2D eigenvalue weighted by atomic mass is 9.73. The van der Waals surface area contributed by atoms with Gasteiger partial charge in [0, 0.05) is 17.5 Å². The third-order valence-electron chi connectivity index (χ3n) is 4.69. The molecule has 2 N–H and O–H groups in total. The number of hydrogen-bond acceptors (Lipinski definition) is 2. The van der Waals surface area contributed by atoms with Crippen LogP contribution in [0.25, 0.3) is 0 Å². The minimum absolute atomic E-state index is 0.136. The number of rotatable bonds is 4. The predicted molar refractivity (Wildman–Crippen MR) is 81.0 cm³/mol. The van der Waals surface area contributed by atoms with Crippen LogP contribution in [0.5, 0.6) is 5.75 Å². The maximum atomic E-state index is 6.19. The summed E-state index contributed by atoms with van der Waals surface area (Å²) in [6.45, 7) is 7.37. The van der Waals surface area contributed by atoms with Crippen LogP contribution in [0.4, 0.5) is 0 Å². The molecule has 19 heavy (non-hydrogen) atoms. The molecule has 1 aromatic carbocycles. The second kappa shape index (κ2) is 5.54. The Balaban J connectivity index is 2.67. The molecule has 1 fully saturated rings. The van der Waals surface area contributed by atoms with E-state index in [1.165, 1.54) is 42.4 Å². The minimum atomic E-state index is 0.136. The molecule has 0 radical (unpaired) electrons. The molecule has 0 aliphatic heterocycles. The fourth-order valence-electron chi connectivity index (χ4n) is 3.60. The highest BCUT2D eigenvalue weighted by molar-refractivity contribution is 5.52. The van der Waals surface area contributed by atoms with Crippen molar-refractivity contribution in [1.82, 2.24) is 0 Å². The lowest BCUT2D eigenvalue weighted by Crippen LogP contribution is -2.34. The average Bonchev–Trinajstić information content (AvgIpc) is 2.87. The Morgan fingerprint density at radius 3 is 2.37 bits per heavy atom. The number of aryl methyl sites for hydroxylation is 1. The third-order valence-corrected chi connectivity index (χ3v) is 4.69. The van der Waals surface area contributed by atoms with Crippen LogP contribution in [-0.2, 0) is 5.41 Å². The highest BCUT2D eigenvalue weighted by Crippen LogP contribution is 2.48. The van der Waals surface area contributed by atoms with E-state index in [9.17, 15) is 0 Å². The Morgan fingerprint density at radius 1 is 1.26 bits per heavy atom. The van der Waals surface area contributed by atoms with Crippen LogP contribution in [0.3, 0.4) is 0 Å². The molecule has 1 aromatic rings. The van der Waals surface area contributed by atoms with Crippen molar-refractivity contribution in [2.75, 3.05) is 13.7 Å². The maximum Gasteiger partial charge on any atom is 0.125 e. The van der Waals surface area contributed by atoms with E-state index in [1.54, 1.807) is 7.11 Å². The molecule has 0 saturated heterocycles. The highest BCUT2D eigenvalue weighted by atomic mass is 16.5. The number of ether oxygens (including phenoxy) is 1. The van der Waals surface area contributed by atoms with Crippen molar-refractivity contribution in [2.45, 2.75) is 57.8 Å². The van der Waals surface area contributed by atoms with Gasteiger partial charge in [-0.1, -0.05) is 38.8 Å². The monoisotopic (exact) mass is 261 g/mol. The second-order valence-corrected chi connectivity index (χ2v) is 6.23. The van der Waals surface area contributed by atoms with Crippen LogP contribution >= 0.6 is 0 Å². The molecule has 1 saturated carbocycles. The lowest BCUT2D eigenvalue weighted by Gasteiger charge is -2.33. The van der Waals surface area contributed by atoms with E-state index in [-0.39, 0.29) is 5.41 Å². The van der Waals surface area contributed by atoms with Gasteiger partial charge in [0.15, 0.2) is 0 Å². The molecule has 0 amide bonds. The first kappa shape index (κ1) is 14.4. The molecule has 2 heteroatoms. The summed E-state index contributed by atoms with van der Waals surface area (Å²) in [5, 5.41) is 0. The molecule has 0 aromatic heterocycles. The molecular formula is C17H27NO. The van der Waals surface area contributed by atoms with Crippen molar-refractivity contribution < 1.29 is 4.74 Å². The molecule has 0 bridgehead atoms. The van der Waals surface area contributed by atoms with Gasteiger partial charge >= 0.3 is 0 Å². The van der Waals surface area contributed by atoms with Crippen molar-refractivity contribution in [3.8, 4) is 5.75 Å². The average molecular weight is 261 g/mol. The maximum absolute atomic E-state index is 6.19. The zero-order valence-corrected chi connectivity index (χ0v) is 12.8. The normalized spacial score (nSPS) is 18.0. The standard InChI is InChI=1S/C17H27NO/c1-12(2)14-8-7-13(3)16(19-4)15(14)17(11-18)9-5-6-10-17/h7-8,12H,5-6,9-11,18H2,1-4H3. The third kappa shape index (κ3) is 2.38. The highest BCUT2D eigenvalue weighted by Gasteiger charge is 2.39. The number of benzene rings is 1. The lowest BCUT2D eigenvalue weighted by molar-refractivity contribution is 0.372. The Hall–Kier alpha value is -1.02. The van der Waals surface area contributed by atoms with Crippen molar-refractivity contribution in [3.63, 3.8) is 0 Å². The van der Waals surface area contributed by atoms with Crippen LogP contribution in [0.2, 0.25) is 0 Å². The van der Waals surface area contributed by atoms with Gasteiger partial charge in [0.25, 0.3) is 0 Å². The quantitative estimate of drug-likeness (QED) is 0.892. The van der Waals surface area contributed by atoms with Gasteiger partial charge in [0.05, 0.1) is 7.11 Å². The fraction of sp³-hybridized carbons (Fsp3) is 0.647. The molecule has 0 unspecified atom stereocenters. The second-order valence-electron chi connectivity index (χ2n) is 6.23. The summed E-state index contributed by atoms with van der Waals surface area (Å²) in [5.41, 5.74) is 10.4. The Bertz CT molecular complexity index is 445. The summed E-state index contributed by atoms with van der Waals surface area (Å²) in [5.74, 6) is 1.58. The van der Waals surface area contributed by atoms with Crippen LogP contribution in [0.15, 0.2) is 12.1 Å². The molecule has 0 spiro atoms. The van der Waals surface area contributed by atoms with Crippen molar-refractivity contribution in [2.24, 2.45) is 5.73 Å². The Kier molecular flexibility index (Phi) is 4.19. The zero-order chi connectivity index (χ0) is 14.0. The molecule has 1 aliphatic rings. The summed E-state index contributed by atoms with van der Waals surface area (Å²) in [6.07, 6.45) is 4.96. The molecule has 1 aliphatic carbocycles. The first-order valence-corrected chi connectivity index (χ1v) is 7.44. The van der Waals surface area contributed by atoms with E-state index in [1.807, 2.05) is 0 Å². The zero-order valence-electron chi connectivity index (χ0n) is 12.8. The predicted octanol–water partition coefficient (Wildman–Crippen LogP) is 3.90. The smallest absolute Gasteiger partial charge is 0.125 e. The Morgan fingerprint density at radius 2 is 1.89 bits per heavy atom. The van der Waals surface area contributed by atoms with E-state index in [2.05, 4.69) is 32.9 Å². The van der Waals surface area contributed by atoms with Gasteiger partial charge in [-0.15, -0.1) is 0 Å². The van der Waals surface area contributed by atoms with Crippen LogP contribution < -0.4 is 10.5 Å². The summed E-state index contributed by atoms with van der Waals surface area (Å²) >= 11 is 0.